The van der Waals surface area contributed by atoms with Gasteiger partial charge in [-0.15, -0.1) is 0 Å². The highest BCUT2D eigenvalue weighted by Crippen LogP contribution is 2.32. The zero-order chi connectivity index (χ0) is 20.5. The molecule has 2 N–H and O–H groups in total. The predicted molar refractivity (Wildman–Crippen MR) is 115 cm³/mol. The van der Waals surface area contributed by atoms with E-state index < -0.39 is 5.82 Å². The molecule has 1 atom stereocenters. The van der Waals surface area contributed by atoms with Gasteiger partial charge in [0.25, 0.3) is 0 Å². The number of aromatic nitrogens is 4. The molecule has 3 heterocycles. The van der Waals surface area contributed by atoms with Crippen LogP contribution in [-0.2, 0) is 7.05 Å². The number of hydrogen-bond acceptors (Lipinski definition) is 6. The van der Waals surface area contributed by atoms with Crippen LogP contribution in [0.3, 0.4) is 0 Å². The molecular weight excluding hydrogens is 416 g/mol. The maximum Gasteiger partial charge on any atom is 0.225 e. The standard InChI is InChI=1S/C19H22Cl2FN7/c1-3-29-6-4-5-12(10-29)24-18-23-9-15-17(27-18)28(2)19(25-15)26-16-13(21)7-11(20)8-14(16)22/h7-9,12H,3-6,10H2,1-2H3,(H,25,26)(H,23,24,27)/t12-/m1/s1. The number of rotatable bonds is 5. The number of aryl methyl sites for hydroxylation is 1. The van der Waals surface area contributed by atoms with Crippen LogP contribution in [0.4, 0.5) is 22.0 Å². The van der Waals surface area contributed by atoms with Gasteiger partial charge in [0.15, 0.2) is 5.65 Å². The molecule has 1 fully saturated rings. The van der Waals surface area contributed by atoms with Gasteiger partial charge < -0.3 is 15.5 Å². The maximum absolute atomic E-state index is 14.3. The van der Waals surface area contributed by atoms with Crippen LogP contribution < -0.4 is 10.6 Å². The molecule has 0 aliphatic carbocycles. The summed E-state index contributed by atoms with van der Waals surface area (Å²) in [5.41, 5.74) is 1.35. The van der Waals surface area contributed by atoms with Crippen LogP contribution >= 0.6 is 23.2 Å². The molecule has 4 rings (SSSR count). The van der Waals surface area contributed by atoms with Crippen molar-refractivity contribution in [3.63, 3.8) is 0 Å². The van der Waals surface area contributed by atoms with Crippen molar-refractivity contribution in [1.29, 1.82) is 0 Å². The fraction of sp³-hybridized carbons (Fsp3) is 0.421. The topological polar surface area (TPSA) is 70.9 Å². The first-order chi connectivity index (χ1) is 13.9. The summed E-state index contributed by atoms with van der Waals surface area (Å²) in [5.74, 6) is 0.413. The van der Waals surface area contributed by atoms with Crippen LogP contribution in [0.5, 0.6) is 0 Å². The summed E-state index contributed by atoms with van der Waals surface area (Å²) < 4.78 is 16.0. The Kier molecular flexibility index (Phi) is 5.76. The second-order valence-electron chi connectivity index (χ2n) is 7.14. The van der Waals surface area contributed by atoms with Gasteiger partial charge in [-0.3, -0.25) is 4.57 Å². The van der Waals surface area contributed by atoms with Crippen molar-refractivity contribution >= 4 is 51.9 Å². The molecule has 2 aromatic heterocycles. The first-order valence-corrected chi connectivity index (χ1v) is 10.3. The number of piperidine rings is 1. The van der Waals surface area contributed by atoms with Crippen molar-refractivity contribution in [3.05, 3.63) is 34.2 Å². The molecule has 1 aromatic carbocycles. The Balaban J connectivity index is 1.58. The Morgan fingerprint density at radius 1 is 1.28 bits per heavy atom. The molecule has 154 valence electrons. The molecule has 0 amide bonds. The second kappa shape index (κ2) is 8.30. The van der Waals surface area contributed by atoms with Crippen molar-refractivity contribution in [2.45, 2.75) is 25.8 Å². The monoisotopic (exact) mass is 437 g/mol. The van der Waals surface area contributed by atoms with Crippen LogP contribution in [0.1, 0.15) is 19.8 Å². The average molecular weight is 438 g/mol. The van der Waals surface area contributed by atoms with E-state index in [1.165, 1.54) is 12.1 Å². The summed E-state index contributed by atoms with van der Waals surface area (Å²) in [6, 6.07) is 2.99. The molecule has 0 unspecified atom stereocenters. The third-order valence-electron chi connectivity index (χ3n) is 5.14. The second-order valence-corrected chi connectivity index (χ2v) is 7.99. The highest BCUT2D eigenvalue weighted by molar-refractivity contribution is 6.36. The molecular formula is C19H22Cl2FN7. The van der Waals surface area contributed by atoms with Crippen molar-refractivity contribution in [1.82, 2.24) is 24.4 Å². The number of likely N-dealkylation sites (tertiary alicyclic amines) is 1. The molecule has 0 radical (unpaired) electrons. The molecule has 10 heteroatoms. The van der Waals surface area contributed by atoms with Crippen LogP contribution in [-0.4, -0.2) is 50.1 Å². The fourth-order valence-electron chi connectivity index (χ4n) is 3.58. The summed E-state index contributed by atoms with van der Waals surface area (Å²) in [5, 5.41) is 6.76. The van der Waals surface area contributed by atoms with Gasteiger partial charge in [0, 0.05) is 24.7 Å². The smallest absolute Gasteiger partial charge is 0.225 e. The molecule has 29 heavy (non-hydrogen) atoms. The van der Waals surface area contributed by atoms with E-state index in [0.717, 1.165) is 32.5 Å². The first kappa shape index (κ1) is 20.1. The number of anilines is 3. The molecule has 0 bridgehead atoms. The lowest BCUT2D eigenvalue weighted by Gasteiger charge is -2.32. The number of imidazole rings is 1. The number of hydrogen-bond donors (Lipinski definition) is 2. The van der Waals surface area contributed by atoms with Crippen LogP contribution in [0.2, 0.25) is 10.0 Å². The summed E-state index contributed by atoms with van der Waals surface area (Å²) in [6.07, 6.45) is 3.90. The number of nitrogens with zero attached hydrogens (tertiary/aromatic N) is 5. The molecule has 1 aliphatic rings. The van der Waals surface area contributed by atoms with E-state index in [0.29, 0.717) is 29.1 Å². The lowest BCUT2D eigenvalue weighted by Crippen LogP contribution is -2.42. The third-order valence-corrected chi connectivity index (χ3v) is 5.66. The van der Waals surface area contributed by atoms with Crippen molar-refractivity contribution in [3.8, 4) is 0 Å². The van der Waals surface area contributed by atoms with Gasteiger partial charge in [-0.05, 0) is 38.1 Å². The minimum atomic E-state index is -0.555. The van der Waals surface area contributed by atoms with Crippen molar-refractivity contribution in [2.24, 2.45) is 7.05 Å². The summed E-state index contributed by atoms with van der Waals surface area (Å²) in [4.78, 5) is 15.9. The normalized spacial score (nSPS) is 17.6. The van der Waals surface area contributed by atoms with Gasteiger partial charge in [0.1, 0.15) is 11.3 Å². The number of halogens is 3. The maximum atomic E-state index is 14.3. The SMILES string of the molecule is CCN1CCC[C@@H](Nc2ncc3nc(Nc4c(F)cc(Cl)cc4Cl)n(C)c3n2)C1. The summed E-state index contributed by atoms with van der Waals surface area (Å²) >= 11 is 12.0. The Labute approximate surface area is 178 Å². The van der Waals surface area contributed by atoms with Gasteiger partial charge in [-0.1, -0.05) is 30.1 Å². The molecule has 0 spiro atoms. The Morgan fingerprint density at radius 3 is 2.86 bits per heavy atom. The Bertz CT molecular complexity index is 1020. The van der Waals surface area contributed by atoms with E-state index in [-0.39, 0.29) is 15.7 Å². The predicted octanol–water partition coefficient (Wildman–Crippen LogP) is 4.45. The van der Waals surface area contributed by atoms with Gasteiger partial charge in [0.2, 0.25) is 11.9 Å². The van der Waals surface area contributed by atoms with E-state index >= 15 is 0 Å². The summed E-state index contributed by atoms with van der Waals surface area (Å²) in [7, 11) is 1.80. The van der Waals surface area contributed by atoms with Gasteiger partial charge >= 0.3 is 0 Å². The Morgan fingerprint density at radius 2 is 2.10 bits per heavy atom. The number of likely N-dealkylation sites (N-methyl/N-ethyl adjacent to an activating group) is 1. The summed E-state index contributed by atoms with van der Waals surface area (Å²) in [6.45, 7) is 5.32. The molecule has 3 aromatic rings. The minimum Gasteiger partial charge on any atom is -0.350 e. The largest absolute Gasteiger partial charge is 0.350 e. The zero-order valence-corrected chi connectivity index (χ0v) is 17.7. The Hall–Kier alpha value is -2.16. The van der Waals surface area contributed by atoms with Crippen LogP contribution in [0, 0.1) is 5.82 Å². The minimum absolute atomic E-state index is 0.114. The van der Waals surface area contributed by atoms with E-state index in [9.17, 15) is 4.39 Å². The van der Waals surface area contributed by atoms with E-state index in [2.05, 4.69) is 37.4 Å². The van der Waals surface area contributed by atoms with Crippen molar-refractivity contribution < 1.29 is 4.39 Å². The molecule has 1 saturated heterocycles. The quantitative estimate of drug-likeness (QED) is 0.614. The fourth-order valence-corrected chi connectivity index (χ4v) is 4.10. The number of benzene rings is 1. The van der Waals surface area contributed by atoms with Crippen molar-refractivity contribution in [2.75, 3.05) is 30.3 Å². The lowest BCUT2D eigenvalue weighted by atomic mass is 10.1. The third kappa shape index (κ3) is 4.24. The molecule has 7 nitrogen and oxygen atoms in total. The average Bonchev–Trinajstić information content (AvgIpc) is 3.00. The zero-order valence-electron chi connectivity index (χ0n) is 16.2. The van der Waals surface area contributed by atoms with Gasteiger partial charge in [0.05, 0.1) is 16.9 Å². The molecule has 1 aliphatic heterocycles. The van der Waals surface area contributed by atoms with E-state index in [1.54, 1.807) is 17.8 Å². The highest BCUT2D eigenvalue weighted by atomic mass is 35.5. The lowest BCUT2D eigenvalue weighted by molar-refractivity contribution is 0.226. The van der Waals surface area contributed by atoms with Crippen LogP contribution in [0.15, 0.2) is 18.3 Å². The van der Waals surface area contributed by atoms with Gasteiger partial charge in [-0.2, -0.15) is 4.98 Å². The number of fused-ring (bicyclic) bond motifs is 1. The van der Waals surface area contributed by atoms with E-state index in [1.807, 2.05) is 0 Å². The van der Waals surface area contributed by atoms with Crippen LogP contribution in [0.25, 0.3) is 11.2 Å². The first-order valence-electron chi connectivity index (χ1n) is 9.54. The number of nitrogens with one attached hydrogen (secondary N) is 2. The van der Waals surface area contributed by atoms with E-state index in [4.69, 9.17) is 23.2 Å². The highest BCUT2D eigenvalue weighted by Gasteiger charge is 2.20. The van der Waals surface area contributed by atoms with Gasteiger partial charge in [-0.25, -0.2) is 14.4 Å². The molecule has 0 saturated carbocycles.